The molecule has 124 valence electrons. The van der Waals surface area contributed by atoms with E-state index in [0.717, 1.165) is 37.0 Å². The number of quaternary nitrogens is 1. The molecule has 1 saturated heterocycles. The number of rotatable bonds is 7. The van der Waals surface area contributed by atoms with E-state index in [4.69, 9.17) is 0 Å². The third-order valence-electron chi connectivity index (χ3n) is 4.22. The Morgan fingerprint density at radius 2 is 1.86 bits per heavy atom. The Morgan fingerprint density at radius 1 is 1.24 bits per heavy atom. The van der Waals surface area contributed by atoms with Gasteiger partial charge in [0.05, 0.1) is 33.7 Å². The summed E-state index contributed by atoms with van der Waals surface area (Å²) < 4.78 is 0.989. The van der Waals surface area contributed by atoms with Gasteiger partial charge in [-0.2, -0.15) is 0 Å². The molecule has 1 rings (SSSR count). The molecule has 1 heterocycles. The van der Waals surface area contributed by atoms with Crippen molar-refractivity contribution in [2.45, 2.75) is 44.8 Å². The SMILES string of the molecule is CC(C)N(CC[N+](C)(C)C)CC1CCC(C(=O)N(C)C)N1. The average molecular weight is 299 g/mol. The van der Waals surface area contributed by atoms with Crippen molar-refractivity contribution in [3.63, 3.8) is 0 Å². The van der Waals surface area contributed by atoms with Crippen LogP contribution in [0.3, 0.4) is 0 Å². The van der Waals surface area contributed by atoms with Crippen LogP contribution in [0.25, 0.3) is 0 Å². The first kappa shape index (κ1) is 18.4. The minimum atomic E-state index is 0.0115. The van der Waals surface area contributed by atoms with Crippen molar-refractivity contribution in [1.82, 2.24) is 15.1 Å². The lowest BCUT2D eigenvalue weighted by molar-refractivity contribution is -0.869. The van der Waals surface area contributed by atoms with Gasteiger partial charge in [0, 0.05) is 39.3 Å². The summed E-state index contributed by atoms with van der Waals surface area (Å²) in [6.07, 6.45) is 2.06. The second-order valence-electron chi connectivity index (χ2n) is 7.83. The Kier molecular flexibility index (Phi) is 6.63. The van der Waals surface area contributed by atoms with Crippen LogP contribution in [0.15, 0.2) is 0 Å². The van der Waals surface area contributed by atoms with Crippen LogP contribution in [-0.4, -0.2) is 93.2 Å². The maximum atomic E-state index is 12.0. The molecule has 1 fully saturated rings. The summed E-state index contributed by atoms with van der Waals surface area (Å²) in [6, 6.07) is 0.994. The van der Waals surface area contributed by atoms with Crippen LogP contribution in [0.2, 0.25) is 0 Å². The van der Waals surface area contributed by atoms with E-state index in [2.05, 4.69) is 45.2 Å². The van der Waals surface area contributed by atoms with Gasteiger partial charge in [-0.3, -0.25) is 9.69 Å². The van der Waals surface area contributed by atoms with Crippen LogP contribution in [0.4, 0.5) is 0 Å². The largest absolute Gasteiger partial charge is 0.347 e. The Hall–Kier alpha value is -0.650. The Labute approximate surface area is 130 Å². The molecular weight excluding hydrogens is 264 g/mol. The number of hydrogen-bond donors (Lipinski definition) is 1. The molecule has 1 N–H and O–H groups in total. The third-order valence-corrected chi connectivity index (χ3v) is 4.22. The lowest BCUT2D eigenvalue weighted by Gasteiger charge is -2.33. The summed E-state index contributed by atoms with van der Waals surface area (Å²) in [5.41, 5.74) is 0. The number of likely N-dealkylation sites (N-methyl/N-ethyl adjacent to an activating group) is 2. The molecule has 0 aromatic rings. The molecule has 0 spiro atoms. The maximum Gasteiger partial charge on any atom is 0.239 e. The molecule has 5 nitrogen and oxygen atoms in total. The van der Waals surface area contributed by atoms with E-state index in [0.29, 0.717) is 12.1 Å². The van der Waals surface area contributed by atoms with E-state index in [1.807, 2.05) is 14.1 Å². The Balaban J connectivity index is 2.48. The van der Waals surface area contributed by atoms with Gasteiger partial charge in [0.2, 0.25) is 5.91 Å². The normalized spacial score (nSPS) is 23.1. The van der Waals surface area contributed by atoms with E-state index < -0.39 is 0 Å². The number of nitrogens with zero attached hydrogens (tertiary/aromatic N) is 3. The molecule has 0 aromatic heterocycles. The molecule has 1 aliphatic heterocycles. The fourth-order valence-corrected chi connectivity index (χ4v) is 2.74. The molecule has 0 bridgehead atoms. The highest BCUT2D eigenvalue weighted by atomic mass is 16.2. The number of carbonyl (C=O) groups is 1. The zero-order valence-corrected chi connectivity index (χ0v) is 15.0. The van der Waals surface area contributed by atoms with Gasteiger partial charge in [-0.15, -0.1) is 0 Å². The highest BCUT2D eigenvalue weighted by molar-refractivity contribution is 5.81. The second-order valence-corrected chi connectivity index (χ2v) is 7.83. The summed E-state index contributed by atoms with van der Waals surface area (Å²) in [4.78, 5) is 16.2. The van der Waals surface area contributed by atoms with Crippen molar-refractivity contribution >= 4 is 5.91 Å². The van der Waals surface area contributed by atoms with E-state index in [1.165, 1.54) is 0 Å². The lowest BCUT2D eigenvalue weighted by Crippen LogP contribution is -2.49. The number of nitrogens with one attached hydrogen (secondary N) is 1. The first-order valence-corrected chi connectivity index (χ1v) is 8.12. The number of hydrogen-bond acceptors (Lipinski definition) is 3. The van der Waals surface area contributed by atoms with Gasteiger partial charge < -0.3 is 14.7 Å². The van der Waals surface area contributed by atoms with Gasteiger partial charge >= 0.3 is 0 Å². The van der Waals surface area contributed by atoms with Crippen molar-refractivity contribution in [1.29, 1.82) is 0 Å². The fraction of sp³-hybridized carbons (Fsp3) is 0.938. The van der Waals surface area contributed by atoms with Gasteiger partial charge in [-0.05, 0) is 26.7 Å². The standard InChI is InChI=1S/C16H35N4O/c1-13(2)19(10-11-20(5,6)7)12-14-8-9-15(17-14)16(21)18(3)4/h13-15,17H,8-12H2,1-7H3/q+1. The van der Waals surface area contributed by atoms with Crippen LogP contribution in [0.1, 0.15) is 26.7 Å². The number of amides is 1. The first-order valence-electron chi connectivity index (χ1n) is 8.12. The monoisotopic (exact) mass is 299 g/mol. The minimum Gasteiger partial charge on any atom is -0.347 e. The minimum absolute atomic E-state index is 0.0115. The molecule has 21 heavy (non-hydrogen) atoms. The Morgan fingerprint density at radius 3 is 2.33 bits per heavy atom. The third kappa shape index (κ3) is 6.32. The zero-order chi connectivity index (χ0) is 16.2. The van der Waals surface area contributed by atoms with E-state index >= 15 is 0 Å². The molecule has 1 amide bonds. The highest BCUT2D eigenvalue weighted by Gasteiger charge is 2.31. The predicted octanol–water partition coefficient (Wildman–Crippen LogP) is 0.612. The topological polar surface area (TPSA) is 35.6 Å². The molecule has 1 aliphatic rings. The quantitative estimate of drug-likeness (QED) is 0.700. The van der Waals surface area contributed by atoms with Crippen LogP contribution in [-0.2, 0) is 4.79 Å². The highest BCUT2D eigenvalue weighted by Crippen LogP contribution is 2.16. The molecule has 2 atom stereocenters. The first-order chi connectivity index (χ1) is 9.60. The van der Waals surface area contributed by atoms with Gasteiger partial charge in [-0.1, -0.05) is 0 Å². The predicted molar refractivity (Wildman–Crippen MR) is 88.2 cm³/mol. The molecule has 0 saturated carbocycles. The molecular formula is C16H35N4O+. The van der Waals surface area contributed by atoms with E-state index in [-0.39, 0.29) is 11.9 Å². The summed E-state index contributed by atoms with van der Waals surface area (Å²) in [6.45, 7) is 7.80. The van der Waals surface area contributed by atoms with E-state index in [1.54, 1.807) is 4.90 Å². The van der Waals surface area contributed by atoms with Gasteiger partial charge in [0.1, 0.15) is 0 Å². The summed E-state index contributed by atoms with van der Waals surface area (Å²) in [5, 5.41) is 3.52. The van der Waals surface area contributed by atoms with Crippen molar-refractivity contribution in [3.8, 4) is 0 Å². The van der Waals surface area contributed by atoms with Crippen molar-refractivity contribution < 1.29 is 9.28 Å². The molecule has 0 aliphatic carbocycles. The molecule has 0 radical (unpaired) electrons. The second kappa shape index (κ2) is 7.56. The van der Waals surface area contributed by atoms with Crippen LogP contribution in [0.5, 0.6) is 0 Å². The zero-order valence-electron chi connectivity index (χ0n) is 15.0. The van der Waals surface area contributed by atoms with Crippen LogP contribution >= 0.6 is 0 Å². The summed E-state index contributed by atoms with van der Waals surface area (Å²) in [7, 11) is 10.4. The maximum absolute atomic E-state index is 12.0. The van der Waals surface area contributed by atoms with Crippen molar-refractivity contribution in [2.24, 2.45) is 0 Å². The van der Waals surface area contributed by atoms with Gasteiger partial charge in [0.25, 0.3) is 0 Å². The fourth-order valence-electron chi connectivity index (χ4n) is 2.74. The van der Waals surface area contributed by atoms with E-state index in [9.17, 15) is 4.79 Å². The number of carbonyl (C=O) groups excluding carboxylic acids is 1. The van der Waals surface area contributed by atoms with Crippen LogP contribution in [0, 0.1) is 0 Å². The molecule has 0 aromatic carbocycles. The lowest BCUT2D eigenvalue weighted by atomic mass is 10.1. The van der Waals surface area contributed by atoms with Crippen LogP contribution < -0.4 is 5.32 Å². The van der Waals surface area contributed by atoms with Crippen molar-refractivity contribution in [3.05, 3.63) is 0 Å². The smallest absolute Gasteiger partial charge is 0.239 e. The average Bonchev–Trinajstić information content (AvgIpc) is 2.80. The molecule has 5 heteroatoms. The summed E-state index contributed by atoms with van der Waals surface area (Å²) in [5.74, 6) is 0.208. The summed E-state index contributed by atoms with van der Waals surface area (Å²) >= 11 is 0. The Bertz CT molecular complexity index is 336. The van der Waals surface area contributed by atoms with Crippen molar-refractivity contribution in [2.75, 3.05) is 54.9 Å². The molecule has 2 unspecified atom stereocenters. The van der Waals surface area contributed by atoms with Gasteiger partial charge in [0.15, 0.2) is 0 Å². The van der Waals surface area contributed by atoms with Gasteiger partial charge in [-0.25, -0.2) is 0 Å².